The molecular formula is C11H17NO3S2. The fraction of sp³-hybridized carbons (Fsp3) is 0.636. The Morgan fingerprint density at radius 2 is 2.35 bits per heavy atom. The van der Waals surface area contributed by atoms with Crippen molar-refractivity contribution in [2.45, 2.75) is 31.3 Å². The third kappa shape index (κ3) is 2.54. The predicted molar refractivity (Wildman–Crippen MR) is 67.4 cm³/mol. The average Bonchev–Trinajstić information content (AvgIpc) is 2.98. The standard InChI is InChI=1S/C11H17NO3S2/c1-2-9-3-4-12(6-9)17(14,15)11-5-10(7-13)16-8-11/h5,8-9,13H,2-4,6-7H2,1H3. The quantitative estimate of drug-likeness (QED) is 0.909. The summed E-state index contributed by atoms with van der Waals surface area (Å²) in [5.41, 5.74) is 0. The topological polar surface area (TPSA) is 57.6 Å². The maximum atomic E-state index is 12.3. The molecule has 1 aromatic heterocycles. The summed E-state index contributed by atoms with van der Waals surface area (Å²) in [6, 6.07) is 1.57. The average molecular weight is 275 g/mol. The molecular weight excluding hydrogens is 258 g/mol. The van der Waals surface area contributed by atoms with Gasteiger partial charge in [0.05, 0.1) is 11.5 Å². The molecule has 6 heteroatoms. The molecule has 1 unspecified atom stereocenters. The molecule has 0 radical (unpaired) electrons. The maximum Gasteiger partial charge on any atom is 0.243 e. The number of aliphatic hydroxyl groups excluding tert-OH is 1. The summed E-state index contributed by atoms with van der Waals surface area (Å²) in [7, 11) is -3.34. The Hall–Kier alpha value is -0.430. The first-order valence-electron chi connectivity index (χ1n) is 5.76. The summed E-state index contributed by atoms with van der Waals surface area (Å²) in [6.45, 7) is 3.24. The lowest BCUT2D eigenvalue weighted by Crippen LogP contribution is -2.28. The van der Waals surface area contributed by atoms with Gasteiger partial charge in [0.2, 0.25) is 10.0 Å². The third-order valence-corrected chi connectivity index (χ3v) is 6.16. The molecule has 1 aromatic rings. The van der Waals surface area contributed by atoms with Gasteiger partial charge in [0.15, 0.2) is 0 Å². The number of thiophene rings is 1. The molecule has 0 bridgehead atoms. The number of rotatable bonds is 4. The summed E-state index contributed by atoms with van der Waals surface area (Å²) >= 11 is 1.29. The minimum Gasteiger partial charge on any atom is -0.391 e. The molecule has 2 heterocycles. The van der Waals surface area contributed by atoms with Crippen LogP contribution >= 0.6 is 11.3 Å². The van der Waals surface area contributed by atoms with Crippen LogP contribution in [0.5, 0.6) is 0 Å². The summed E-state index contributed by atoms with van der Waals surface area (Å²) in [5, 5.41) is 10.6. The fourth-order valence-corrected chi connectivity index (χ4v) is 4.73. The lowest BCUT2D eigenvalue weighted by atomic mass is 10.1. The van der Waals surface area contributed by atoms with Crippen LogP contribution in [0, 0.1) is 5.92 Å². The molecule has 0 saturated carbocycles. The summed E-state index contributed by atoms with van der Waals surface area (Å²) in [5.74, 6) is 0.487. The molecule has 1 aliphatic heterocycles. The van der Waals surface area contributed by atoms with E-state index in [1.807, 2.05) is 0 Å². The Labute approximate surface area is 106 Å². The number of hydrogen-bond donors (Lipinski definition) is 1. The molecule has 0 amide bonds. The lowest BCUT2D eigenvalue weighted by Gasteiger charge is -2.15. The Morgan fingerprint density at radius 1 is 1.59 bits per heavy atom. The predicted octanol–water partition coefficient (Wildman–Crippen LogP) is 1.66. The lowest BCUT2D eigenvalue weighted by molar-refractivity contribution is 0.285. The molecule has 1 N–H and O–H groups in total. The molecule has 0 spiro atoms. The van der Waals surface area contributed by atoms with Crippen molar-refractivity contribution in [2.75, 3.05) is 13.1 Å². The summed E-state index contributed by atoms with van der Waals surface area (Å²) < 4.78 is 26.1. The van der Waals surface area contributed by atoms with Gasteiger partial charge in [-0.1, -0.05) is 13.3 Å². The van der Waals surface area contributed by atoms with Crippen molar-refractivity contribution >= 4 is 21.4 Å². The van der Waals surface area contributed by atoms with Crippen LogP contribution in [0.1, 0.15) is 24.6 Å². The number of sulfonamides is 1. The van der Waals surface area contributed by atoms with Crippen molar-refractivity contribution in [1.29, 1.82) is 0 Å². The first kappa shape index (κ1) is 13.0. The fourth-order valence-electron chi connectivity index (χ4n) is 2.08. The monoisotopic (exact) mass is 275 g/mol. The van der Waals surface area contributed by atoms with E-state index in [2.05, 4.69) is 6.92 Å². The molecule has 1 aliphatic rings. The van der Waals surface area contributed by atoms with Crippen LogP contribution in [0.25, 0.3) is 0 Å². The van der Waals surface area contributed by atoms with E-state index in [4.69, 9.17) is 5.11 Å². The second kappa shape index (κ2) is 5.06. The van der Waals surface area contributed by atoms with Gasteiger partial charge in [-0.3, -0.25) is 0 Å². The zero-order valence-corrected chi connectivity index (χ0v) is 11.4. The first-order valence-corrected chi connectivity index (χ1v) is 8.08. The van der Waals surface area contributed by atoms with E-state index < -0.39 is 10.0 Å². The number of nitrogens with zero attached hydrogens (tertiary/aromatic N) is 1. The first-order chi connectivity index (χ1) is 8.07. The van der Waals surface area contributed by atoms with Crippen LogP contribution in [0.3, 0.4) is 0 Å². The van der Waals surface area contributed by atoms with Gasteiger partial charge in [-0.2, -0.15) is 4.31 Å². The molecule has 2 rings (SSSR count). The molecule has 96 valence electrons. The van der Waals surface area contributed by atoms with Crippen LogP contribution in [-0.2, 0) is 16.6 Å². The van der Waals surface area contributed by atoms with E-state index >= 15 is 0 Å². The Balaban J connectivity index is 2.19. The zero-order chi connectivity index (χ0) is 12.5. The molecule has 1 fully saturated rings. The highest BCUT2D eigenvalue weighted by Gasteiger charge is 2.32. The minimum absolute atomic E-state index is 0.0994. The summed E-state index contributed by atoms with van der Waals surface area (Å²) in [4.78, 5) is 1.01. The van der Waals surface area contributed by atoms with E-state index in [9.17, 15) is 8.42 Å². The second-order valence-corrected chi connectivity index (χ2v) is 7.27. The third-order valence-electron chi connectivity index (χ3n) is 3.25. The van der Waals surface area contributed by atoms with Crippen molar-refractivity contribution in [3.63, 3.8) is 0 Å². The maximum absolute atomic E-state index is 12.3. The SMILES string of the molecule is CCC1CCN(S(=O)(=O)c2csc(CO)c2)C1. The Morgan fingerprint density at radius 3 is 2.88 bits per heavy atom. The molecule has 0 aliphatic carbocycles. The van der Waals surface area contributed by atoms with Gasteiger partial charge in [0.1, 0.15) is 0 Å². The Kier molecular flexibility index (Phi) is 3.87. The molecule has 1 saturated heterocycles. The normalized spacial score (nSPS) is 22.1. The smallest absolute Gasteiger partial charge is 0.243 e. The van der Waals surface area contributed by atoms with Crippen LogP contribution in [0.15, 0.2) is 16.3 Å². The zero-order valence-electron chi connectivity index (χ0n) is 9.80. The highest BCUT2D eigenvalue weighted by molar-refractivity contribution is 7.89. The van der Waals surface area contributed by atoms with Gasteiger partial charge in [0, 0.05) is 23.3 Å². The van der Waals surface area contributed by atoms with Gasteiger partial charge < -0.3 is 5.11 Å². The molecule has 0 aromatic carbocycles. The number of aliphatic hydroxyl groups is 1. The van der Waals surface area contributed by atoms with Crippen LogP contribution < -0.4 is 0 Å². The highest BCUT2D eigenvalue weighted by atomic mass is 32.2. The number of hydrogen-bond acceptors (Lipinski definition) is 4. The van der Waals surface area contributed by atoms with E-state index in [0.717, 1.165) is 12.8 Å². The van der Waals surface area contributed by atoms with E-state index in [0.29, 0.717) is 28.8 Å². The van der Waals surface area contributed by atoms with E-state index in [-0.39, 0.29) is 6.61 Å². The molecule has 1 atom stereocenters. The van der Waals surface area contributed by atoms with E-state index in [1.165, 1.54) is 11.3 Å². The second-order valence-electron chi connectivity index (χ2n) is 4.33. The van der Waals surface area contributed by atoms with Crippen molar-refractivity contribution in [3.8, 4) is 0 Å². The van der Waals surface area contributed by atoms with Crippen molar-refractivity contribution in [1.82, 2.24) is 4.31 Å². The highest BCUT2D eigenvalue weighted by Crippen LogP contribution is 2.28. The summed E-state index contributed by atoms with van der Waals surface area (Å²) in [6.07, 6.45) is 1.98. The van der Waals surface area contributed by atoms with Gasteiger partial charge >= 0.3 is 0 Å². The van der Waals surface area contributed by atoms with Crippen molar-refractivity contribution < 1.29 is 13.5 Å². The largest absolute Gasteiger partial charge is 0.391 e. The van der Waals surface area contributed by atoms with Crippen LogP contribution in [-0.4, -0.2) is 30.9 Å². The van der Waals surface area contributed by atoms with Gasteiger partial charge in [-0.05, 0) is 18.4 Å². The van der Waals surface area contributed by atoms with E-state index in [1.54, 1.807) is 15.8 Å². The molecule has 4 nitrogen and oxygen atoms in total. The van der Waals surface area contributed by atoms with Crippen LogP contribution in [0.2, 0.25) is 0 Å². The van der Waals surface area contributed by atoms with Crippen molar-refractivity contribution in [2.24, 2.45) is 5.92 Å². The minimum atomic E-state index is -3.34. The van der Waals surface area contributed by atoms with Crippen molar-refractivity contribution in [3.05, 3.63) is 16.3 Å². The molecule has 17 heavy (non-hydrogen) atoms. The van der Waals surface area contributed by atoms with Gasteiger partial charge in [-0.25, -0.2) is 8.42 Å². The van der Waals surface area contributed by atoms with Crippen LogP contribution in [0.4, 0.5) is 0 Å². The van der Waals surface area contributed by atoms with Gasteiger partial charge in [0.25, 0.3) is 0 Å². The van der Waals surface area contributed by atoms with Gasteiger partial charge in [-0.15, -0.1) is 11.3 Å². The Bertz CT molecular complexity index is 481.